The van der Waals surface area contributed by atoms with Gasteiger partial charge in [-0.05, 0) is 64.8 Å². The van der Waals surface area contributed by atoms with Crippen molar-refractivity contribution in [2.75, 3.05) is 6.61 Å². The number of aryl methyl sites for hydroxylation is 3. The van der Waals surface area contributed by atoms with Gasteiger partial charge in [0.25, 0.3) is 0 Å². The predicted molar refractivity (Wildman–Crippen MR) is 127 cm³/mol. The number of rotatable bonds is 5. The number of aromatic nitrogens is 2. The molecule has 0 aliphatic heterocycles. The molecule has 5 rings (SSSR count). The Morgan fingerprint density at radius 2 is 1.71 bits per heavy atom. The first-order valence-corrected chi connectivity index (χ1v) is 11.2. The maximum atomic E-state index is 9.68. The molecule has 0 unspecified atom stereocenters. The van der Waals surface area contributed by atoms with Crippen molar-refractivity contribution in [3.05, 3.63) is 106 Å². The van der Waals surface area contributed by atoms with Crippen LogP contribution in [-0.4, -0.2) is 21.3 Å². The number of aliphatic hydroxyl groups excluding tert-OH is 1. The molecule has 156 valence electrons. The molecule has 0 atom stereocenters. The van der Waals surface area contributed by atoms with E-state index < -0.39 is 0 Å². The third-order valence-electron chi connectivity index (χ3n) is 6.27. The van der Waals surface area contributed by atoms with Gasteiger partial charge in [-0.15, -0.1) is 0 Å². The number of hydrogen-bond acceptors (Lipinski definition) is 2. The molecule has 1 heterocycles. The third-order valence-corrected chi connectivity index (χ3v) is 6.27. The highest BCUT2D eigenvalue weighted by molar-refractivity contribution is 5.84. The van der Waals surface area contributed by atoms with E-state index in [1.165, 1.54) is 33.3 Å². The molecule has 0 saturated carbocycles. The fourth-order valence-electron chi connectivity index (χ4n) is 4.84. The van der Waals surface area contributed by atoms with Crippen LogP contribution < -0.4 is 0 Å². The van der Waals surface area contributed by atoms with E-state index in [9.17, 15) is 5.11 Å². The van der Waals surface area contributed by atoms with E-state index in [0.29, 0.717) is 0 Å². The van der Waals surface area contributed by atoms with Gasteiger partial charge in [-0.2, -0.15) is 0 Å². The molecular weight excluding hydrogens is 380 g/mol. The van der Waals surface area contributed by atoms with Crippen molar-refractivity contribution in [1.29, 1.82) is 0 Å². The Bertz CT molecular complexity index is 1270. The monoisotopic (exact) mass is 408 g/mol. The van der Waals surface area contributed by atoms with Crippen molar-refractivity contribution >= 4 is 16.6 Å². The lowest BCUT2D eigenvalue weighted by atomic mass is 9.93. The largest absolute Gasteiger partial charge is 0.392 e. The van der Waals surface area contributed by atoms with Crippen LogP contribution in [0.3, 0.4) is 0 Å². The minimum atomic E-state index is 0.0479. The molecule has 3 aromatic carbocycles. The number of nitrogens with zero attached hydrogens (tertiary/aromatic N) is 2. The van der Waals surface area contributed by atoms with E-state index in [1.54, 1.807) is 0 Å². The summed E-state index contributed by atoms with van der Waals surface area (Å²) in [6.07, 6.45) is 6.05. The Morgan fingerprint density at radius 3 is 2.58 bits per heavy atom. The maximum absolute atomic E-state index is 9.68. The molecular formula is C28H28N2O. The highest BCUT2D eigenvalue weighted by atomic mass is 16.2. The van der Waals surface area contributed by atoms with Crippen LogP contribution in [0.25, 0.3) is 16.6 Å². The molecule has 0 radical (unpaired) electrons. The summed E-state index contributed by atoms with van der Waals surface area (Å²) < 4.78 is 2.37. The molecule has 0 fully saturated rings. The average Bonchev–Trinajstić information content (AvgIpc) is 3.05. The first-order valence-electron chi connectivity index (χ1n) is 11.2. The molecule has 1 aliphatic carbocycles. The number of aliphatic hydroxyl groups is 1. The zero-order valence-corrected chi connectivity index (χ0v) is 18.0. The summed E-state index contributed by atoms with van der Waals surface area (Å²) in [4.78, 5) is 4.89. The lowest BCUT2D eigenvalue weighted by Gasteiger charge is -2.14. The SMILES string of the molecule is CCCc1nc2ccccc2n1Cc1ccc2c(c1)CCc1ccccc1C2=CCO. The van der Waals surface area contributed by atoms with Gasteiger partial charge in [-0.25, -0.2) is 4.98 Å². The molecule has 1 N–H and O–H groups in total. The van der Waals surface area contributed by atoms with Crippen molar-refractivity contribution in [3.63, 3.8) is 0 Å². The number of para-hydroxylation sites is 2. The Kier molecular flexibility index (Phi) is 5.44. The van der Waals surface area contributed by atoms with Gasteiger partial charge in [0, 0.05) is 13.0 Å². The Balaban J connectivity index is 1.56. The summed E-state index contributed by atoms with van der Waals surface area (Å²) in [5.74, 6) is 1.16. The average molecular weight is 409 g/mol. The molecule has 0 spiro atoms. The molecule has 1 aromatic heterocycles. The second-order valence-corrected chi connectivity index (χ2v) is 8.30. The van der Waals surface area contributed by atoms with Crippen LogP contribution >= 0.6 is 0 Å². The molecule has 0 amide bonds. The van der Waals surface area contributed by atoms with Crippen LogP contribution in [0.5, 0.6) is 0 Å². The predicted octanol–water partition coefficient (Wildman–Crippen LogP) is 5.56. The second kappa shape index (κ2) is 8.52. The molecule has 4 aromatic rings. The highest BCUT2D eigenvalue weighted by Crippen LogP contribution is 2.34. The quantitative estimate of drug-likeness (QED) is 0.469. The first-order chi connectivity index (χ1) is 15.3. The van der Waals surface area contributed by atoms with E-state index in [1.807, 2.05) is 6.08 Å². The van der Waals surface area contributed by atoms with E-state index in [2.05, 4.69) is 78.2 Å². The van der Waals surface area contributed by atoms with E-state index in [-0.39, 0.29) is 6.61 Å². The summed E-state index contributed by atoms with van der Waals surface area (Å²) in [6, 6.07) is 23.8. The van der Waals surface area contributed by atoms with Crippen LogP contribution in [0.2, 0.25) is 0 Å². The van der Waals surface area contributed by atoms with Gasteiger partial charge in [0.1, 0.15) is 5.82 Å². The van der Waals surface area contributed by atoms with E-state index >= 15 is 0 Å². The van der Waals surface area contributed by atoms with Gasteiger partial charge in [-0.1, -0.05) is 67.6 Å². The molecule has 3 nitrogen and oxygen atoms in total. The van der Waals surface area contributed by atoms with Crippen molar-refractivity contribution in [1.82, 2.24) is 9.55 Å². The number of hydrogen-bond donors (Lipinski definition) is 1. The number of imidazole rings is 1. The highest BCUT2D eigenvalue weighted by Gasteiger charge is 2.18. The van der Waals surface area contributed by atoms with Crippen molar-refractivity contribution in [2.24, 2.45) is 0 Å². The molecule has 1 aliphatic rings. The fourth-order valence-corrected chi connectivity index (χ4v) is 4.84. The standard InChI is InChI=1S/C28H28N2O/c1-2-7-28-29-26-10-5-6-11-27(26)30(28)19-20-12-15-24-22(18-20)14-13-21-8-3-4-9-23(21)25(24)16-17-31/h3-6,8-12,15-16,18,31H,2,7,13-14,17,19H2,1H3. The number of fused-ring (bicyclic) bond motifs is 3. The first kappa shape index (κ1) is 19.8. The molecule has 3 heteroatoms. The summed E-state index contributed by atoms with van der Waals surface area (Å²) in [5, 5.41) is 9.68. The molecule has 0 saturated heterocycles. The topological polar surface area (TPSA) is 38.0 Å². The normalized spacial score (nSPS) is 14.5. The summed E-state index contributed by atoms with van der Waals surface area (Å²) in [5.41, 5.74) is 9.92. The Labute approximate surface area is 183 Å². The second-order valence-electron chi connectivity index (χ2n) is 8.30. The van der Waals surface area contributed by atoms with Gasteiger partial charge < -0.3 is 9.67 Å². The van der Waals surface area contributed by atoms with Crippen molar-refractivity contribution in [3.8, 4) is 0 Å². The minimum Gasteiger partial charge on any atom is -0.392 e. The Morgan fingerprint density at radius 1 is 0.935 bits per heavy atom. The van der Waals surface area contributed by atoms with Gasteiger partial charge in [-0.3, -0.25) is 0 Å². The zero-order valence-electron chi connectivity index (χ0n) is 18.0. The van der Waals surface area contributed by atoms with Crippen molar-refractivity contribution in [2.45, 2.75) is 39.2 Å². The summed E-state index contributed by atoms with van der Waals surface area (Å²) in [6.45, 7) is 3.08. The maximum Gasteiger partial charge on any atom is 0.110 e. The van der Waals surface area contributed by atoms with Gasteiger partial charge in [0.2, 0.25) is 0 Å². The minimum absolute atomic E-state index is 0.0479. The van der Waals surface area contributed by atoms with Gasteiger partial charge in [0.15, 0.2) is 0 Å². The van der Waals surface area contributed by atoms with E-state index in [0.717, 1.165) is 49.1 Å². The van der Waals surface area contributed by atoms with Gasteiger partial charge >= 0.3 is 0 Å². The van der Waals surface area contributed by atoms with Crippen LogP contribution in [0.15, 0.2) is 72.8 Å². The zero-order chi connectivity index (χ0) is 21.2. The molecule has 31 heavy (non-hydrogen) atoms. The van der Waals surface area contributed by atoms with Gasteiger partial charge in [0.05, 0.1) is 17.6 Å². The fraction of sp³-hybridized carbons (Fsp3) is 0.250. The van der Waals surface area contributed by atoms with Crippen molar-refractivity contribution < 1.29 is 5.11 Å². The Hall–Kier alpha value is -3.17. The lowest BCUT2D eigenvalue weighted by Crippen LogP contribution is -2.06. The summed E-state index contributed by atoms with van der Waals surface area (Å²) >= 11 is 0. The summed E-state index contributed by atoms with van der Waals surface area (Å²) in [7, 11) is 0. The van der Waals surface area contributed by atoms with Crippen LogP contribution in [0.1, 0.15) is 47.0 Å². The third kappa shape index (κ3) is 3.70. The lowest BCUT2D eigenvalue weighted by molar-refractivity contribution is 0.343. The van der Waals surface area contributed by atoms with Crippen LogP contribution in [0.4, 0.5) is 0 Å². The molecule has 0 bridgehead atoms. The smallest absolute Gasteiger partial charge is 0.110 e. The van der Waals surface area contributed by atoms with Crippen LogP contribution in [-0.2, 0) is 25.8 Å². The van der Waals surface area contributed by atoms with Crippen LogP contribution in [0, 0.1) is 0 Å². The van der Waals surface area contributed by atoms with E-state index in [4.69, 9.17) is 4.98 Å². The number of benzene rings is 3.